The number of hydrogen-bond acceptors (Lipinski definition) is 4. The van der Waals surface area contributed by atoms with Gasteiger partial charge in [-0.25, -0.2) is 4.98 Å². The molecule has 7 heteroatoms. The average Bonchev–Trinajstić information content (AvgIpc) is 3.13. The predicted octanol–water partition coefficient (Wildman–Crippen LogP) is 0.950. The molecule has 106 valence electrons. The molecule has 0 spiro atoms. The maximum Gasteiger partial charge on any atom is 0.261 e. The third kappa shape index (κ3) is 4.51. The van der Waals surface area contributed by atoms with Crippen molar-refractivity contribution in [2.45, 2.75) is 12.8 Å². The van der Waals surface area contributed by atoms with Crippen LogP contribution in [0.4, 0.5) is 0 Å². The zero-order chi connectivity index (χ0) is 14.2. The Balaban J connectivity index is 1.57. The summed E-state index contributed by atoms with van der Waals surface area (Å²) >= 11 is 1.35. The van der Waals surface area contributed by atoms with Crippen LogP contribution in [0.25, 0.3) is 0 Å². The fourth-order valence-corrected chi connectivity index (χ4v) is 2.28. The van der Waals surface area contributed by atoms with Crippen LogP contribution in [0.15, 0.2) is 29.9 Å². The van der Waals surface area contributed by atoms with Crippen molar-refractivity contribution in [3.63, 3.8) is 0 Å². The molecule has 0 saturated carbocycles. The number of carbonyl (C=O) groups excluding carboxylic acids is 2. The number of imidazole rings is 1. The van der Waals surface area contributed by atoms with Gasteiger partial charge in [0.25, 0.3) is 5.91 Å². The zero-order valence-corrected chi connectivity index (χ0v) is 11.7. The van der Waals surface area contributed by atoms with Crippen LogP contribution in [0, 0.1) is 0 Å². The number of nitrogens with one attached hydrogen (secondary N) is 3. The standard InChI is InChI=1S/C13H16N4O2S/c18-12(9-17-13(19)10-3-2-8-20-10)16-5-1-4-11-14-6-7-15-11/h2-3,6-8H,1,4-5,9H2,(H,14,15)(H,16,18)(H,17,19). The summed E-state index contributed by atoms with van der Waals surface area (Å²) in [6.07, 6.45) is 5.06. The number of amides is 2. The number of nitrogens with zero attached hydrogens (tertiary/aromatic N) is 1. The number of aromatic amines is 1. The van der Waals surface area contributed by atoms with Crippen molar-refractivity contribution in [1.29, 1.82) is 0 Å². The lowest BCUT2D eigenvalue weighted by molar-refractivity contribution is -0.120. The summed E-state index contributed by atoms with van der Waals surface area (Å²) in [5.41, 5.74) is 0. The van der Waals surface area contributed by atoms with Crippen molar-refractivity contribution in [3.05, 3.63) is 40.6 Å². The molecule has 0 atom stereocenters. The molecule has 2 aromatic rings. The number of aryl methyl sites for hydroxylation is 1. The summed E-state index contributed by atoms with van der Waals surface area (Å²) in [4.78, 5) is 30.8. The first-order valence-electron chi connectivity index (χ1n) is 6.32. The molecule has 0 saturated heterocycles. The summed E-state index contributed by atoms with van der Waals surface area (Å²) in [5.74, 6) is 0.505. The molecule has 0 unspecified atom stereocenters. The van der Waals surface area contributed by atoms with Crippen molar-refractivity contribution < 1.29 is 9.59 Å². The van der Waals surface area contributed by atoms with E-state index in [0.29, 0.717) is 11.4 Å². The monoisotopic (exact) mass is 292 g/mol. The molecule has 3 N–H and O–H groups in total. The van der Waals surface area contributed by atoms with E-state index < -0.39 is 0 Å². The highest BCUT2D eigenvalue weighted by Gasteiger charge is 2.08. The molecular weight excluding hydrogens is 276 g/mol. The van der Waals surface area contributed by atoms with Gasteiger partial charge in [-0.15, -0.1) is 11.3 Å². The van der Waals surface area contributed by atoms with Crippen molar-refractivity contribution in [2.24, 2.45) is 0 Å². The Morgan fingerprint density at radius 1 is 1.35 bits per heavy atom. The Morgan fingerprint density at radius 2 is 2.25 bits per heavy atom. The topological polar surface area (TPSA) is 86.9 Å². The summed E-state index contributed by atoms with van der Waals surface area (Å²) in [5, 5.41) is 7.16. The highest BCUT2D eigenvalue weighted by molar-refractivity contribution is 7.12. The molecule has 20 heavy (non-hydrogen) atoms. The number of carbonyl (C=O) groups is 2. The number of rotatable bonds is 7. The highest BCUT2D eigenvalue weighted by Crippen LogP contribution is 2.07. The van der Waals surface area contributed by atoms with Gasteiger partial charge in [0, 0.05) is 25.4 Å². The molecule has 2 rings (SSSR count). The number of hydrogen-bond donors (Lipinski definition) is 3. The smallest absolute Gasteiger partial charge is 0.261 e. The summed E-state index contributed by atoms with van der Waals surface area (Å²) in [6.45, 7) is 0.561. The average molecular weight is 292 g/mol. The molecule has 0 fully saturated rings. The minimum atomic E-state index is -0.217. The van der Waals surface area contributed by atoms with E-state index in [4.69, 9.17) is 0 Å². The molecule has 0 aromatic carbocycles. The van der Waals surface area contributed by atoms with E-state index in [2.05, 4.69) is 20.6 Å². The molecule has 0 aliphatic carbocycles. The van der Waals surface area contributed by atoms with Gasteiger partial charge in [-0.1, -0.05) is 6.07 Å². The van der Waals surface area contributed by atoms with Crippen LogP contribution >= 0.6 is 11.3 Å². The molecule has 0 radical (unpaired) electrons. The summed E-state index contributed by atoms with van der Waals surface area (Å²) in [6, 6.07) is 3.52. The number of thiophene rings is 1. The number of aromatic nitrogens is 2. The van der Waals surface area contributed by atoms with Crippen LogP contribution in [0.2, 0.25) is 0 Å². The molecular formula is C13H16N4O2S. The van der Waals surface area contributed by atoms with Gasteiger partial charge in [0.1, 0.15) is 5.82 Å². The summed E-state index contributed by atoms with van der Waals surface area (Å²) < 4.78 is 0. The van der Waals surface area contributed by atoms with Crippen molar-refractivity contribution in [2.75, 3.05) is 13.1 Å². The van der Waals surface area contributed by atoms with Gasteiger partial charge in [-0.05, 0) is 17.9 Å². The van der Waals surface area contributed by atoms with Crippen LogP contribution in [0.3, 0.4) is 0 Å². The van der Waals surface area contributed by atoms with Crippen LogP contribution in [-0.4, -0.2) is 34.9 Å². The number of H-pyrrole nitrogens is 1. The zero-order valence-electron chi connectivity index (χ0n) is 10.9. The Hall–Kier alpha value is -2.15. The van der Waals surface area contributed by atoms with E-state index in [0.717, 1.165) is 18.7 Å². The van der Waals surface area contributed by atoms with E-state index in [1.807, 2.05) is 5.38 Å². The molecule has 0 aliphatic rings. The van der Waals surface area contributed by atoms with E-state index >= 15 is 0 Å². The van der Waals surface area contributed by atoms with Gasteiger partial charge in [0.05, 0.1) is 11.4 Å². The fraction of sp³-hybridized carbons (Fsp3) is 0.308. The second-order valence-electron chi connectivity index (χ2n) is 4.15. The van der Waals surface area contributed by atoms with Gasteiger partial charge in [0.15, 0.2) is 0 Å². The van der Waals surface area contributed by atoms with E-state index in [1.165, 1.54) is 11.3 Å². The fourth-order valence-electron chi connectivity index (χ4n) is 1.64. The predicted molar refractivity (Wildman–Crippen MR) is 76.6 cm³/mol. The normalized spacial score (nSPS) is 10.2. The van der Waals surface area contributed by atoms with Crippen LogP contribution < -0.4 is 10.6 Å². The molecule has 2 heterocycles. The first kappa shape index (κ1) is 14.3. The lowest BCUT2D eigenvalue weighted by Gasteiger charge is -2.05. The van der Waals surface area contributed by atoms with Crippen molar-refractivity contribution in [1.82, 2.24) is 20.6 Å². The third-order valence-electron chi connectivity index (χ3n) is 2.62. The Morgan fingerprint density at radius 3 is 2.95 bits per heavy atom. The van der Waals surface area contributed by atoms with Gasteiger partial charge in [-0.3, -0.25) is 9.59 Å². The first-order chi connectivity index (χ1) is 9.75. The second kappa shape index (κ2) is 7.44. The van der Waals surface area contributed by atoms with E-state index in [-0.39, 0.29) is 18.4 Å². The Kier molecular flexibility index (Phi) is 5.31. The van der Waals surface area contributed by atoms with E-state index in [9.17, 15) is 9.59 Å². The van der Waals surface area contributed by atoms with Crippen molar-refractivity contribution in [3.8, 4) is 0 Å². The highest BCUT2D eigenvalue weighted by atomic mass is 32.1. The summed E-state index contributed by atoms with van der Waals surface area (Å²) in [7, 11) is 0. The Bertz CT molecular complexity index is 537. The largest absolute Gasteiger partial charge is 0.355 e. The maximum absolute atomic E-state index is 11.6. The second-order valence-corrected chi connectivity index (χ2v) is 5.10. The van der Waals surface area contributed by atoms with Crippen molar-refractivity contribution >= 4 is 23.2 Å². The first-order valence-corrected chi connectivity index (χ1v) is 7.20. The van der Waals surface area contributed by atoms with E-state index in [1.54, 1.807) is 24.5 Å². The van der Waals surface area contributed by atoms with Crippen LogP contribution in [-0.2, 0) is 11.2 Å². The third-order valence-corrected chi connectivity index (χ3v) is 3.49. The molecule has 0 bridgehead atoms. The lowest BCUT2D eigenvalue weighted by atomic mass is 10.3. The quantitative estimate of drug-likeness (QED) is 0.664. The minimum Gasteiger partial charge on any atom is -0.355 e. The van der Waals surface area contributed by atoms with Gasteiger partial charge in [0.2, 0.25) is 5.91 Å². The van der Waals surface area contributed by atoms with Gasteiger partial charge in [-0.2, -0.15) is 0 Å². The Labute approximate surface area is 120 Å². The molecule has 6 nitrogen and oxygen atoms in total. The van der Waals surface area contributed by atoms with Crippen LogP contribution in [0.1, 0.15) is 21.9 Å². The maximum atomic E-state index is 11.6. The minimum absolute atomic E-state index is 0.00249. The lowest BCUT2D eigenvalue weighted by Crippen LogP contribution is -2.37. The van der Waals surface area contributed by atoms with Crippen LogP contribution in [0.5, 0.6) is 0 Å². The van der Waals surface area contributed by atoms with Gasteiger partial charge >= 0.3 is 0 Å². The molecule has 2 amide bonds. The SMILES string of the molecule is O=C(CNC(=O)c1cccs1)NCCCc1ncc[nH]1. The van der Waals surface area contributed by atoms with Gasteiger partial charge < -0.3 is 15.6 Å². The molecule has 2 aromatic heterocycles. The molecule has 0 aliphatic heterocycles.